The van der Waals surface area contributed by atoms with Crippen molar-refractivity contribution < 1.29 is 25.0 Å². The van der Waals surface area contributed by atoms with Crippen molar-refractivity contribution in [1.82, 2.24) is 3.26 Å². The second-order valence-corrected chi connectivity index (χ2v) is 5.31. The number of nitrogens with one attached hydrogen (secondary N) is 1. The summed E-state index contributed by atoms with van der Waals surface area (Å²) in [5.74, 6) is 0. The van der Waals surface area contributed by atoms with Crippen molar-refractivity contribution >= 4 is 24.8 Å². The van der Waals surface area contributed by atoms with E-state index in [0.29, 0.717) is 0 Å². The molecule has 4 heteroatoms. The van der Waals surface area contributed by atoms with Gasteiger partial charge in [0.25, 0.3) is 0 Å². The van der Waals surface area contributed by atoms with E-state index in [0.717, 1.165) is 6.04 Å². The third-order valence-corrected chi connectivity index (χ3v) is 4.31. The molecule has 1 aliphatic carbocycles. The molecule has 0 aromatic heterocycles. The summed E-state index contributed by atoms with van der Waals surface area (Å²) >= 11 is 1.51. The summed E-state index contributed by atoms with van der Waals surface area (Å²) in [5.41, 5.74) is 0. The fraction of sp³-hybridized carbons (Fsp3) is 1.00. The van der Waals surface area contributed by atoms with E-state index in [2.05, 4.69) is 3.26 Å². The van der Waals surface area contributed by atoms with Crippen LogP contribution in [-0.4, -0.2) is 6.04 Å². The first-order valence-corrected chi connectivity index (χ1v) is 7.58. The molecule has 0 atom stereocenters. The fourth-order valence-corrected chi connectivity index (χ4v) is 3.02. The van der Waals surface area contributed by atoms with E-state index in [9.17, 15) is 0 Å². The second kappa shape index (κ2) is 14.5. The second-order valence-electron chi connectivity index (χ2n) is 4.60. The van der Waals surface area contributed by atoms with Gasteiger partial charge in [-0.15, -0.1) is 24.8 Å². The van der Waals surface area contributed by atoms with E-state index >= 15 is 0 Å². The zero-order valence-corrected chi connectivity index (χ0v) is 14.3. The Morgan fingerprint density at radius 2 is 0.938 bits per heavy atom. The van der Waals surface area contributed by atoms with E-state index in [1.54, 1.807) is 0 Å². The van der Waals surface area contributed by atoms with Gasteiger partial charge in [-0.3, -0.25) is 0 Å². The molecule has 16 heavy (non-hydrogen) atoms. The van der Waals surface area contributed by atoms with E-state index in [-0.39, 0.29) is 24.8 Å². The molecular formula is C12H26Cl2NZr. The van der Waals surface area contributed by atoms with Crippen LogP contribution in [0, 0.1) is 0 Å². The van der Waals surface area contributed by atoms with Crippen LogP contribution in [-0.2, 0) is 25.0 Å². The zero-order valence-electron chi connectivity index (χ0n) is 10.2. The van der Waals surface area contributed by atoms with Crippen molar-refractivity contribution in [3.63, 3.8) is 0 Å². The van der Waals surface area contributed by atoms with Crippen molar-refractivity contribution in [2.24, 2.45) is 0 Å². The Hall–Kier alpha value is 1.42. The molecule has 0 spiro atoms. The monoisotopic (exact) mass is 344 g/mol. The van der Waals surface area contributed by atoms with Gasteiger partial charge >= 0.3 is 105 Å². The standard InChI is InChI=1S/C12H24N.2ClH.Zr/c13-12-10-8-6-4-2-1-3-5-7-9-11-12;;;/h12-13H,1-11H2;2*1H;/q-1;;;+1. The van der Waals surface area contributed by atoms with Crippen LogP contribution < -0.4 is 3.26 Å². The summed E-state index contributed by atoms with van der Waals surface area (Å²) in [4.78, 5) is 0. The molecule has 1 aliphatic rings. The molecule has 0 saturated heterocycles. The van der Waals surface area contributed by atoms with Gasteiger partial charge in [-0.05, 0) is 0 Å². The first-order valence-electron chi connectivity index (χ1n) is 6.36. The van der Waals surface area contributed by atoms with Crippen molar-refractivity contribution in [1.29, 1.82) is 0 Å². The topological polar surface area (TPSA) is 12.0 Å². The van der Waals surface area contributed by atoms with E-state index in [4.69, 9.17) is 0 Å². The van der Waals surface area contributed by atoms with Crippen LogP contribution >= 0.6 is 24.8 Å². The predicted octanol–water partition coefficient (Wildman–Crippen LogP) is 4.55. The van der Waals surface area contributed by atoms with Gasteiger partial charge in [-0.1, -0.05) is 0 Å². The summed E-state index contributed by atoms with van der Waals surface area (Å²) in [6.07, 6.45) is 16.1. The third kappa shape index (κ3) is 10.6. The van der Waals surface area contributed by atoms with Crippen molar-refractivity contribution in [3.05, 3.63) is 0 Å². The molecule has 97 valence electrons. The predicted molar refractivity (Wildman–Crippen MR) is 72.2 cm³/mol. The van der Waals surface area contributed by atoms with Crippen LogP contribution in [0.15, 0.2) is 0 Å². The number of hydrogen-bond acceptors (Lipinski definition) is 1. The Balaban J connectivity index is 0. The molecule has 0 bridgehead atoms. The molecule has 0 aromatic carbocycles. The molecule has 0 amide bonds. The summed E-state index contributed by atoms with van der Waals surface area (Å²) in [6.45, 7) is 0. The van der Waals surface area contributed by atoms with E-state index in [1.165, 1.54) is 95.6 Å². The SMILES string of the molecule is Cl.Cl.[Zr][NH]C1CCCCCCCCCCC1. The van der Waals surface area contributed by atoms with Crippen LogP contribution in [0.25, 0.3) is 0 Å². The van der Waals surface area contributed by atoms with Gasteiger partial charge in [0.1, 0.15) is 0 Å². The minimum atomic E-state index is 0. The van der Waals surface area contributed by atoms with Crippen molar-refractivity contribution in [3.8, 4) is 0 Å². The maximum absolute atomic E-state index is 3.55. The summed E-state index contributed by atoms with van der Waals surface area (Å²) < 4.78 is 3.55. The average molecular weight is 346 g/mol. The Morgan fingerprint density at radius 1 is 0.625 bits per heavy atom. The molecule has 1 fully saturated rings. The Labute approximate surface area is 129 Å². The summed E-state index contributed by atoms with van der Waals surface area (Å²) in [5, 5.41) is 0. The van der Waals surface area contributed by atoms with Crippen molar-refractivity contribution in [2.45, 2.75) is 76.7 Å². The molecule has 0 heterocycles. The van der Waals surface area contributed by atoms with Gasteiger partial charge in [-0.2, -0.15) is 0 Å². The van der Waals surface area contributed by atoms with Crippen LogP contribution in [0.4, 0.5) is 0 Å². The fourth-order valence-electron chi connectivity index (χ4n) is 2.31. The molecule has 1 saturated carbocycles. The van der Waals surface area contributed by atoms with Gasteiger partial charge in [0.15, 0.2) is 0 Å². The summed E-state index contributed by atoms with van der Waals surface area (Å²) in [7, 11) is 0. The quantitative estimate of drug-likeness (QED) is 0.734. The normalized spacial score (nSPS) is 20.7. The van der Waals surface area contributed by atoms with Crippen LogP contribution in [0.2, 0.25) is 0 Å². The third-order valence-electron chi connectivity index (χ3n) is 3.31. The molecule has 0 radical (unpaired) electrons. The Bertz CT molecular complexity index is 124. The van der Waals surface area contributed by atoms with Gasteiger partial charge in [0.05, 0.1) is 0 Å². The van der Waals surface area contributed by atoms with Gasteiger partial charge in [0.2, 0.25) is 0 Å². The molecule has 1 rings (SSSR count). The maximum atomic E-state index is 3.55. The molecule has 0 unspecified atom stereocenters. The van der Waals surface area contributed by atoms with Crippen LogP contribution in [0.5, 0.6) is 0 Å². The molecule has 1 nitrogen and oxygen atoms in total. The molecule has 0 aliphatic heterocycles. The average Bonchev–Trinajstić information content (AvgIpc) is 2.19. The number of halogens is 2. The first-order chi connectivity index (χ1) is 6.93. The van der Waals surface area contributed by atoms with Gasteiger partial charge in [0, 0.05) is 0 Å². The Kier molecular flexibility index (Phi) is 17.9. The van der Waals surface area contributed by atoms with Crippen LogP contribution in [0.1, 0.15) is 70.6 Å². The van der Waals surface area contributed by atoms with Crippen LogP contribution in [0.3, 0.4) is 0 Å². The van der Waals surface area contributed by atoms with Gasteiger partial charge in [-0.25, -0.2) is 0 Å². The molecule has 1 N–H and O–H groups in total. The van der Waals surface area contributed by atoms with E-state index < -0.39 is 0 Å². The van der Waals surface area contributed by atoms with Crippen molar-refractivity contribution in [2.75, 3.05) is 0 Å². The molecule has 0 aromatic rings. The summed E-state index contributed by atoms with van der Waals surface area (Å²) in [6, 6.07) is 0.840. The zero-order chi connectivity index (χ0) is 10.1. The van der Waals surface area contributed by atoms with E-state index in [1.807, 2.05) is 0 Å². The van der Waals surface area contributed by atoms with Gasteiger partial charge < -0.3 is 0 Å². The molecular weight excluding hydrogens is 320 g/mol. The number of hydrogen-bond donors (Lipinski definition) is 1. The minimum absolute atomic E-state index is 0. The first kappa shape index (κ1) is 19.8. The number of rotatable bonds is 1. The Morgan fingerprint density at radius 3 is 1.25 bits per heavy atom.